The Morgan fingerprint density at radius 2 is 1.44 bits per heavy atom. The van der Waals surface area contributed by atoms with Gasteiger partial charge < -0.3 is 4.74 Å². The van der Waals surface area contributed by atoms with Crippen LogP contribution in [0.3, 0.4) is 0 Å². The first kappa shape index (κ1) is 16.8. The van der Waals surface area contributed by atoms with Gasteiger partial charge in [-0.15, -0.1) is 0 Å². The standard InChI is InChI=1S/C25H31OS/c1-2-6-22-21(5-1)23(7-8-24(22)27-9-3-4-10-27)26-17-25-14-18-11-19(15-25)13-20(12-18)16-25/h1-2,5-8,18-20H,3-4,9-17H2/q+1. The van der Waals surface area contributed by atoms with Gasteiger partial charge in [0.2, 0.25) is 0 Å². The van der Waals surface area contributed by atoms with E-state index in [-0.39, 0.29) is 0 Å². The first-order valence-corrected chi connectivity index (χ1v) is 12.7. The van der Waals surface area contributed by atoms with Crippen LogP contribution < -0.4 is 4.74 Å². The minimum atomic E-state index is 0.458. The summed E-state index contributed by atoms with van der Waals surface area (Å²) in [6, 6.07) is 13.7. The van der Waals surface area contributed by atoms with Crippen LogP contribution in [0.15, 0.2) is 41.3 Å². The van der Waals surface area contributed by atoms with Gasteiger partial charge in [0.05, 0.1) is 6.61 Å². The second kappa shape index (κ2) is 6.44. The lowest BCUT2D eigenvalue weighted by Gasteiger charge is -2.56. The maximum atomic E-state index is 6.62. The van der Waals surface area contributed by atoms with Gasteiger partial charge in [-0.05, 0) is 87.3 Å². The number of benzene rings is 2. The zero-order valence-electron chi connectivity index (χ0n) is 16.3. The minimum absolute atomic E-state index is 0.458. The lowest BCUT2D eigenvalue weighted by Crippen LogP contribution is -2.48. The molecule has 2 aromatic carbocycles. The van der Waals surface area contributed by atoms with E-state index in [2.05, 4.69) is 36.4 Å². The molecule has 4 saturated carbocycles. The molecule has 5 fully saturated rings. The van der Waals surface area contributed by atoms with Crippen molar-refractivity contribution in [3.63, 3.8) is 0 Å². The summed E-state index contributed by atoms with van der Waals surface area (Å²) < 4.78 is 6.62. The van der Waals surface area contributed by atoms with Crippen molar-refractivity contribution < 1.29 is 4.74 Å². The molecule has 0 atom stereocenters. The minimum Gasteiger partial charge on any atom is -0.492 e. The van der Waals surface area contributed by atoms with Crippen LogP contribution in [0.5, 0.6) is 5.75 Å². The van der Waals surface area contributed by atoms with Gasteiger partial charge in [0.25, 0.3) is 0 Å². The normalized spacial score (nSPS) is 35.2. The highest BCUT2D eigenvalue weighted by molar-refractivity contribution is 7.97. The molecule has 1 nitrogen and oxygen atoms in total. The van der Waals surface area contributed by atoms with Crippen molar-refractivity contribution in [1.29, 1.82) is 0 Å². The molecular weight excluding hydrogens is 348 g/mol. The molecule has 0 N–H and O–H groups in total. The van der Waals surface area contributed by atoms with Crippen LogP contribution in [0, 0.1) is 23.2 Å². The first-order valence-electron chi connectivity index (χ1n) is 11.1. The molecule has 1 heterocycles. The van der Waals surface area contributed by atoms with E-state index in [1.165, 1.54) is 73.6 Å². The lowest BCUT2D eigenvalue weighted by molar-refractivity contribution is -0.0743. The van der Waals surface area contributed by atoms with Crippen molar-refractivity contribution in [1.82, 2.24) is 0 Å². The molecule has 142 valence electrons. The van der Waals surface area contributed by atoms with Gasteiger partial charge in [-0.3, -0.25) is 0 Å². The summed E-state index contributed by atoms with van der Waals surface area (Å²) in [5.41, 5.74) is 0.488. The van der Waals surface area contributed by atoms with Crippen LogP contribution in [0.1, 0.15) is 51.4 Å². The van der Waals surface area contributed by atoms with E-state index in [0.717, 1.165) is 30.1 Å². The molecule has 1 saturated heterocycles. The predicted molar refractivity (Wildman–Crippen MR) is 115 cm³/mol. The van der Waals surface area contributed by atoms with Gasteiger partial charge in [-0.1, -0.05) is 18.2 Å². The van der Waals surface area contributed by atoms with Gasteiger partial charge in [-0.25, -0.2) is 0 Å². The number of fused-ring (bicyclic) bond motifs is 1. The third kappa shape index (κ3) is 2.90. The van der Waals surface area contributed by atoms with E-state index in [1.54, 1.807) is 4.90 Å². The summed E-state index contributed by atoms with van der Waals surface area (Å²) in [5, 5.41) is 2.80. The number of ether oxygens (including phenoxy) is 1. The second-order valence-corrected chi connectivity index (χ2v) is 12.2. The Hall–Kier alpha value is -1.15. The van der Waals surface area contributed by atoms with Crippen LogP contribution in [-0.4, -0.2) is 18.1 Å². The van der Waals surface area contributed by atoms with Crippen LogP contribution in [-0.2, 0) is 10.9 Å². The highest BCUT2D eigenvalue weighted by Crippen LogP contribution is 2.60. The van der Waals surface area contributed by atoms with Crippen LogP contribution in [0.4, 0.5) is 0 Å². The van der Waals surface area contributed by atoms with Crippen molar-refractivity contribution in [3.8, 4) is 5.75 Å². The summed E-state index contributed by atoms with van der Waals surface area (Å²) in [5.74, 6) is 6.91. The summed E-state index contributed by atoms with van der Waals surface area (Å²) in [4.78, 5) is 1.59. The molecule has 27 heavy (non-hydrogen) atoms. The van der Waals surface area contributed by atoms with E-state index in [9.17, 15) is 0 Å². The monoisotopic (exact) mass is 379 g/mol. The van der Waals surface area contributed by atoms with Crippen molar-refractivity contribution >= 4 is 21.7 Å². The van der Waals surface area contributed by atoms with Crippen molar-refractivity contribution in [2.45, 2.75) is 56.3 Å². The zero-order valence-corrected chi connectivity index (χ0v) is 17.1. The molecule has 7 rings (SSSR count). The summed E-state index contributed by atoms with van der Waals surface area (Å²) >= 11 is 0. The second-order valence-electron chi connectivity index (χ2n) is 9.92. The third-order valence-corrected chi connectivity index (χ3v) is 10.4. The molecule has 4 bridgehead atoms. The van der Waals surface area contributed by atoms with Crippen molar-refractivity contribution in [2.75, 3.05) is 18.1 Å². The van der Waals surface area contributed by atoms with Crippen LogP contribution in [0.2, 0.25) is 0 Å². The molecule has 1 aliphatic heterocycles. The number of hydrogen-bond donors (Lipinski definition) is 0. The first-order chi connectivity index (χ1) is 13.3. The fourth-order valence-electron chi connectivity index (χ4n) is 7.19. The SMILES string of the molecule is c1ccc2c([S+]3CCCC3)ccc(OCC34CC5CC(CC(C5)C3)C4)c2c1. The summed E-state index contributed by atoms with van der Waals surface area (Å²) in [6.07, 6.45) is 11.6. The van der Waals surface area contributed by atoms with Crippen molar-refractivity contribution in [3.05, 3.63) is 36.4 Å². The van der Waals surface area contributed by atoms with E-state index < -0.39 is 0 Å². The molecule has 2 heteroatoms. The highest BCUT2D eigenvalue weighted by atomic mass is 32.2. The molecular formula is C25H31OS+. The molecule has 0 aromatic heterocycles. The maximum Gasteiger partial charge on any atom is 0.162 e. The largest absolute Gasteiger partial charge is 0.492 e. The molecule has 5 aliphatic rings. The van der Waals surface area contributed by atoms with E-state index >= 15 is 0 Å². The van der Waals surface area contributed by atoms with Crippen LogP contribution in [0.25, 0.3) is 10.8 Å². The van der Waals surface area contributed by atoms with Gasteiger partial charge in [0.1, 0.15) is 17.3 Å². The average Bonchev–Trinajstić information content (AvgIpc) is 3.19. The highest BCUT2D eigenvalue weighted by Gasteiger charge is 2.51. The molecule has 0 amide bonds. The molecule has 0 radical (unpaired) electrons. The number of hydrogen-bond acceptors (Lipinski definition) is 1. The Morgan fingerprint density at radius 1 is 0.815 bits per heavy atom. The maximum absolute atomic E-state index is 6.62. The number of rotatable bonds is 4. The Kier molecular flexibility index (Phi) is 4.00. The predicted octanol–water partition coefficient (Wildman–Crippen LogP) is 6.21. The van der Waals surface area contributed by atoms with Gasteiger partial charge >= 0.3 is 0 Å². The lowest BCUT2D eigenvalue weighted by atomic mass is 9.50. The average molecular weight is 380 g/mol. The quantitative estimate of drug-likeness (QED) is 0.574. The van der Waals surface area contributed by atoms with Crippen molar-refractivity contribution in [2.24, 2.45) is 23.2 Å². The Bertz CT molecular complexity index is 815. The van der Waals surface area contributed by atoms with Gasteiger partial charge in [-0.2, -0.15) is 0 Å². The van der Waals surface area contributed by atoms with Gasteiger partial charge in [0, 0.05) is 27.1 Å². The zero-order chi connectivity index (χ0) is 17.8. The van der Waals surface area contributed by atoms with E-state index in [1.807, 2.05) is 0 Å². The summed E-state index contributed by atoms with van der Waals surface area (Å²) in [7, 11) is 0.458. The third-order valence-electron chi connectivity index (χ3n) is 7.89. The van der Waals surface area contributed by atoms with E-state index in [0.29, 0.717) is 16.3 Å². The molecule has 2 aromatic rings. The Morgan fingerprint density at radius 3 is 2.11 bits per heavy atom. The fraction of sp³-hybridized carbons (Fsp3) is 0.600. The van der Waals surface area contributed by atoms with E-state index in [4.69, 9.17) is 4.74 Å². The molecule has 0 spiro atoms. The fourth-order valence-corrected chi connectivity index (χ4v) is 9.69. The molecule has 4 aliphatic carbocycles. The molecule has 0 unspecified atom stereocenters. The van der Waals surface area contributed by atoms with Crippen LogP contribution >= 0.6 is 0 Å². The Labute approximate surface area is 166 Å². The summed E-state index contributed by atoms with van der Waals surface area (Å²) in [6.45, 7) is 0.950. The smallest absolute Gasteiger partial charge is 0.162 e. The topological polar surface area (TPSA) is 9.23 Å². The Balaban J connectivity index is 1.29. The van der Waals surface area contributed by atoms with Gasteiger partial charge in [0.15, 0.2) is 4.90 Å².